The molecule has 0 aromatic heterocycles. The van der Waals surface area contributed by atoms with Gasteiger partial charge in [0, 0.05) is 5.41 Å². The highest BCUT2D eigenvalue weighted by atomic mass is 79.9. The van der Waals surface area contributed by atoms with Crippen LogP contribution in [0.4, 0.5) is 0 Å². The number of halogens is 1. The predicted octanol–water partition coefficient (Wildman–Crippen LogP) is 2.87. The lowest BCUT2D eigenvalue weighted by Crippen LogP contribution is -2.37. The van der Waals surface area contributed by atoms with Gasteiger partial charge in [-0.3, -0.25) is 0 Å². The van der Waals surface area contributed by atoms with E-state index in [4.69, 9.17) is 4.74 Å². The van der Waals surface area contributed by atoms with E-state index in [1.807, 2.05) is 6.07 Å². The van der Waals surface area contributed by atoms with Gasteiger partial charge >= 0.3 is 0 Å². The Kier molecular flexibility index (Phi) is 3.03. The normalized spacial score (nSPS) is 18.3. The van der Waals surface area contributed by atoms with Gasteiger partial charge in [-0.05, 0) is 46.5 Å². The van der Waals surface area contributed by atoms with E-state index in [2.05, 4.69) is 28.1 Å². The van der Waals surface area contributed by atoms with Crippen LogP contribution in [0.3, 0.4) is 0 Å². The molecule has 3 heteroatoms. The van der Waals surface area contributed by atoms with E-state index in [0.29, 0.717) is 0 Å². The molecule has 0 saturated heterocycles. The Balaban J connectivity index is 2.33. The van der Waals surface area contributed by atoms with E-state index in [0.717, 1.165) is 23.1 Å². The first kappa shape index (κ1) is 11.0. The van der Waals surface area contributed by atoms with Gasteiger partial charge in [0.15, 0.2) is 0 Å². The molecule has 0 atom stereocenters. The highest BCUT2D eigenvalue weighted by molar-refractivity contribution is 9.10. The number of aliphatic hydroxyl groups is 1. The van der Waals surface area contributed by atoms with Crippen molar-refractivity contribution in [3.63, 3.8) is 0 Å². The molecule has 1 fully saturated rings. The van der Waals surface area contributed by atoms with Gasteiger partial charge in [0.05, 0.1) is 18.2 Å². The number of aliphatic hydroxyl groups excluding tert-OH is 1. The summed E-state index contributed by atoms with van der Waals surface area (Å²) in [6, 6.07) is 6.07. The summed E-state index contributed by atoms with van der Waals surface area (Å²) in [7, 11) is 1.66. The second-order valence-corrected chi connectivity index (χ2v) is 5.00. The highest BCUT2D eigenvalue weighted by Gasteiger charge is 2.38. The zero-order valence-electron chi connectivity index (χ0n) is 8.79. The summed E-state index contributed by atoms with van der Waals surface area (Å²) in [6.07, 6.45) is 3.38. The highest BCUT2D eigenvalue weighted by Crippen LogP contribution is 2.44. The van der Waals surface area contributed by atoms with Crippen LogP contribution in [-0.2, 0) is 5.41 Å². The Morgan fingerprint density at radius 2 is 2.20 bits per heavy atom. The molecule has 0 bridgehead atoms. The molecule has 0 unspecified atom stereocenters. The van der Waals surface area contributed by atoms with Crippen molar-refractivity contribution in [2.24, 2.45) is 0 Å². The maximum Gasteiger partial charge on any atom is 0.133 e. The van der Waals surface area contributed by atoms with Gasteiger partial charge in [0.1, 0.15) is 5.75 Å². The summed E-state index contributed by atoms with van der Waals surface area (Å²) in [5.41, 5.74) is 1.22. The maximum absolute atomic E-state index is 9.46. The van der Waals surface area contributed by atoms with Crippen LogP contribution in [0, 0.1) is 0 Å². The molecule has 1 N–H and O–H groups in total. The average molecular weight is 271 g/mol. The fraction of sp³-hybridized carbons (Fsp3) is 0.500. The zero-order chi connectivity index (χ0) is 10.9. The van der Waals surface area contributed by atoms with Crippen molar-refractivity contribution in [1.29, 1.82) is 0 Å². The minimum Gasteiger partial charge on any atom is -0.496 e. The van der Waals surface area contributed by atoms with Crippen LogP contribution in [0.2, 0.25) is 0 Å². The van der Waals surface area contributed by atoms with Crippen molar-refractivity contribution in [1.82, 2.24) is 0 Å². The smallest absolute Gasteiger partial charge is 0.133 e. The van der Waals surface area contributed by atoms with Crippen LogP contribution in [0.15, 0.2) is 22.7 Å². The summed E-state index contributed by atoms with van der Waals surface area (Å²) in [5, 5.41) is 9.46. The Labute approximate surface area is 98.4 Å². The molecule has 2 rings (SSSR count). The van der Waals surface area contributed by atoms with Crippen molar-refractivity contribution in [2.45, 2.75) is 24.7 Å². The molecule has 0 spiro atoms. The van der Waals surface area contributed by atoms with Crippen LogP contribution in [-0.4, -0.2) is 18.8 Å². The first-order valence-electron chi connectivity index (χ1n) is 5.17. The molecule has 0 amide bonds. The third kappa shape index (κ3) is 1.79. The number of methoxy groups -OCH3 is 1. The number of benzene rings is 1. The summed E-state index contributed by atoms with van der Waals surface area (Å²) >= 11 is 3.48. The monoisotopic (exact) mass is 270 g/mol. The second kappa shape index (κ2) is 4.14. The largest absolute Gasteiger partial charge is 0.496 e. The zero-order valence-corrected chi connectivity index (χ0v) is 10.4. The lowest BCUT2D eigenvalue weighted by molar-refractivity contribution is 0.120. The van der Waals surface area contributed by atoms with E-state index in [1.165, 1.54) is 12.0 Å². The molecule has 0 heterocycles. The van der Waals surface area contributed by atoms with Gasteiger partial charge in [0.25, 0.3) is 0 Å². The van der Waals surface area contributed by atoms with Gasteiger partial charge < -0.3 is 9.84 Å². The fourth-order valence-electron chi connectivity index (χ4n) is 2.14. The van der Waals surface area contributed by atoms with Crippen molar-refractivity contribution < 1.29 is 9.84 Å². The lowest BCUT2D eigenvalue weighted by atomic mass is 9.65. The number of ether oxygens (including phenoxy) is 1. The average Bonchev–Trinajstić information content (AvgIpc) is 2.17. The van der Waals surface area contributed by atoms with E-state index in [1.54, 1.807) is 7.11 Å². The topological polar surface area (TPSA) is 29.5 Å². The molecule has 0 aliphatic heterocycles. The number of hydrogen-bond donors (Lipinski definition) is 1. The first-order chi connectivity index (χ1) is 7.22. The maximum atomic E-state index is 9.46. The molecule has 1 saturated carbocycles. The molecular weight excluding hydrogens is 256 g/mol. The van der Waals surface area contributed by atoms with Gasteiger partial charge in [-0.25, -0.2) is 0 Å². The third-order valence-electron chi connectivity index (χ3n) is 3.38. The first-order valence-corrected chi connectivity index (χ1v) is 5.96. The Morgan fingerprint density at radius 3 is 2.60 bits per heavy atom. The van der Waals surface area contributed by atoms with Gasteiger partial charge in [-0.1, -0.05) is 12.5 Å². The van der Waals surface area contributed by atoms with Gasteiger partial charge in [-0.2, -0.15) is 0 Å². The summed E-state index contributed by atoms with van der Waals surface area (Å²) in [6.45, 7) is 0.242. The Morgan fingerprint density at radius 1 is 1.47 bits per heavy atom. The van der Waals surface area contributed by atoms with Gasteiger partial charge in [0.2, 0.25) is 0 Å². The quantitative estimate of drug-likeness (QED) is 0.916. The molecule has 1 aromatic rings. The standard InChI is InChI=1S/C12H15BrO2/c1-15-11-4-3-9(7-10(11)13)12(8-14)5-2-6-12/h3-4,7,14H,2,5-6,8H2,1H3. The lowest BCUT2D eigenvalue weighted by Gasteiger charge is -2.41. The third-order valence-corrected chi connectivity index (χ3v) is 4.00. The van der Waals surface area contributed by atoms with E-state index < -0.39 is 0 Å². The molecule has 1 aromatic carbocycles. The van der Waals surface area contributed by atoms with Crippen molar-refractivity contribution >= 4 is 15.9 Å². The van der Waals surface area contributed by atoms with Crippen LogP contribution in [0.1, 0.15) is 24.8 Å². The van der Waals surface area contributed by atoms with E-state index >= 15 is 0 Å². The van der Waals surface area contributed by atoms with Crippen molar-refractivity contribution in [3.05, 3.63) is 28.2 Å². The SMILES string of the molecule is COc1ccc(C2(CO)CCC2)cc1Br. The number of hydrogen-bond acceptors (Lipinski definition) is 2. The molecule has 15 heavy (non-hydrogen) atoms. The predicted molar refractivity (Wildman–Crippen MR) is 63.3 cm³/mol. The molecule has 82 valence electrons. The molecule has 0 radical (unpaired) electrons. The Bertz CT molecular complexity index is 353. The number of rotatable bonds is 3. The molecule has 2 nitrogen and oxygen atoms in total. The molecule has 1 aliphatic rings. The summed E-state index contributed by atoms with van der Waals surface area (Å²) in [4.78, 5) is 0. The summed E-state index contributed by atoms with van der Waals surface area (Å²) < 4.78 is 6.15. The minimum absolute atomic E-state index is 0.00872. The van der Waals surface area contributed by atoms with Crippen LogP contribution in [0.5, 0.6) is 5.75 Å². The van der Waals surface area contributed by atoms with Crippen molar-refractivity contribution in [2.75, 3.05) is 13.7 Å². The minimum atomic E-state index is 0.00872. The van der Waals surface area contributed by atoms with Crippen LogP contribution in [0.25, 0.3) is 0 Å². The second-order valence-electron chi connectivity index (χ2n) is 4.14. The Hall–Kier alpha value is -0.540. The molecule has 1 aliphatic carbocycles. The van der Waals surface area contributed by atoms with Crippen LogP contribution < -0.4 is 4.74 Å². The molecular formula is C12H15BrO2. The van der Waals surface area contributed by atoms with Gasteiger partial charge in [-0.15, -0.1) is 0 Å². The van der Waals surface area contributed by atoms with E-state index in [-0.39, 0.29) is 12.0 Å². The van der Waals surface area contributed by atoms with E-state index in [9.17, 15) is 5.11 Å². The van der Waals surface area contributed by atoms with Crippen LogP contribution >= 0.6 is 15.9 Å². The fourth-order valence-corrected chi connectivity index (χ4v) is 2.68. The van der Waals surface area contributed by atoms with Crippen molar-refractivity contribution in [3.8, 4) is 5.75 Å². The summed E-state index contributed by atoms with van der Waals surface area (Å²) in [5.74, 6) is 0.839.